The van der Waals surface area contributed by atoms with Crippen molar-refractivity contribution in [1.82, 2.24) is 5.32 Å². The van der Waals surface area contributed by atoms with E-state index in [0.29, 0.717) is 24.5 Å². The number of nitrogens with one attached hydrogen (secondary N) is 1. The highest BCUT2D eigenvalue weighted by Gasteiger charge is 2.33. The van der Waals surface area contributed by atoms with E-state index in [9.17, 15) is 23.4 Å². The van der Waals surface area contributed by atoms with Crippen LogP contribution in [0.15, 0.2) is 18.2 Å². The van der Waals surface area contributed by atoms with Crippen molar-refractivity contribution in [3.63, 3.8) is 0 Å². The molecule has 0 bridgehead atoms. The largest absolute Gasteiger partial charge is 0.442 e. The van der Waals surface area contributed by atoms with Crippen molar-refractivity contribution in [3.8, 4) is 0 Å². The third kappa shape index (κ3) is 4.16. The molecule has 0 radical (unpaired) electrons. The topological polar surface area (TPSA) is 99.2 Å². The number of amides is 2. The zero-order valence-electron chi connectivity index (χ0n) is 14.4. The molecule has 0 aliphatic carbocycles. The van der Waals surface area contributed by atoms with Crippen LogP contribution in [0.3, 0.4) is 0 Å². The Kier molecular flexibility index (Phi) is 5.20. The van der Waals surface area contributed by atoms with Gasteiger partial charge in [-0.15, -0.1) is 0 Å². The Hall–Kier alpha value is -2.12. The first kappa shape index (κ1) is 18.7. The van der Waals surface area contributed by atoms with Crippen LogP contribution in [0.2, 0.25) is 0 Å². The van der Waals surface area contributed by atoms with Crippen molar-refractivity contribution >= 4 is 30.7 Å². The van der Waals surface area contributed by atoms with Gasteiger partial charge in [0.2, 0.25) is 13.3 Å². The quantitative estimate of drug-likeness (QED) is 0.760. The minimum absolute atomic E-state index is 0.136. The fourth-order valence-electron chi connectivity index (χ4n) is 3.03. The molecule has 0 unspecified atom stereocenters. The standard InChI is InChI=1S/C16H21FN3O5P/c1-11(21)18-9-13-10-20(16(22)25-13)12-2-3-15(14(17)8-12)19-4-6-26(23,24)7-5-19/h2-3,8,13H,4-7,9-10H2,1H3,(H,18,21)(H,23,24)/t13-/m0/s1. The Morgan fingerprint density at radius 1 is 1.42 bits per heavy atom. The molecule has 1 aromatic rings. The number of anilines is 2. The van der Waals surface area contributed by atoms with E-state index < -0.39 is 25.4 Å². The Morgan fingerprint density at radius 2 is 2.12 bits per heavy atom. The maximum atomic E-state index is 14.5. The van der Waals surface area contributed by atoms with Crippen LogP contribution in [0, 0.1) is 5.82 Å². The third-order valence-electron chi connectivity index (χ3n) is 4.48. The van der Waals surface area contributed by atoms with E-state index in [-0.39, 0.29) is 31.3 Å². The molecule has 3 rings (SSSR count). The molecule has 2 aliphatic heterocycles. The smallest absolute Gasteiger partial charge is 0.414 e. The number of benzene rings is 1. The second-order valence-electron chi connectivity index (χ2n) is 6.47. The van der Waals surface area contributed by atoms with Crippen LogP contribution in [0.25, 0.3) is 0 Å². The lowest BCUT2D eigenvalue weighted by molar-refractivity contribution is -0.119. The molecule has 2 N–H and O–H groups in total. The van der Waals surface area contributed by atoms with Crippen LogP contribution in [0.5, 0.6) is 0 Å². The van der Waals surface area contributed by atoms with Crippen molar-refractivity contribution in [2.75, 3.05) is 48.3 Å². The van der Waals surface area contributed by atoms with E-state index in [2.05, 4.69) is 5.32 Å². The minimum atomic E-state index is -3.08. The summed E-state index contributed by atoms with van der Waals surface area (Å²) in [5.74, 6) is -0.723. The first-order valence-electron chi connectivity index (χ1n) is 8.33. The number of nitrogens with zero attached hydrogens (tertiary/aromatic N) is 2. The predicted octanol–water partition coefficient (Wildman–Crippen LogP) is 1.38. The van der Waals surface area contributed by atoms with E-state index in [1.54, 1.807) is 17.0 Å². The van der Waals surface area contributed by atoms with Gasteiger partial charge in [0.1, 0.15) is 11.9 Å². The lowest BCUT2D eigenvalue weighted by atomic mass is 10.2. The lowest BCUT2D eigenvalue weighted by Crippen LogP contribution is -2.35. The molecular weight excluding hydrogens is 364 g/mol. The fraction of sp³-hybridized carbons (Fsp3) is 0.500. The highest BCUT2D eigenvalue weighted by atomic mass is 31.2. The number of carbonyl (C=O) groups is 2. The summed E-state index contributed by atoms with van der Waals surface area (Å²) in [7, 11) is -3.08. The van der Waals surface area contributed by atoms with Gasteiger partial charge in [-0.3, -0.25) is 14.3 Å². The summed E-state index contributed by atoms with van der Waals surface area (Å²) in [6.07, 6.45) is -0.809. The molecule has 2 saturated heterocycles. The molecule has 0 saturated carbocycles. The van der Waals surface area contributed by atoms with Gasteiger partial charge in [-0.05, 0) is 18.2 Å². The zero-order valence-corrected chi connectivity index (χ0v) is 15.2. The summed E-state index contributed by atoms with van der Waals surface area (Å²) in [6, 6.07) is 4.44. The molecule has 26 heavy (non-hydrogen) atoms. The van der Waals surface area contributed by atoms with Gasteiger partial charge < -0.3 is 19.8 Å². The Labute approximate surface area is 150 Å². The molecule has 2 aliphatic rings. The van der Waals surface area contributed by atoms with Crippen molar-refractivity contribution in [3.05, 3.63) is 24.0 Å². The summed E-state index contributed by atoms with van der Waals surface area (Å²) in [5.41, 5.74) is 0.710. The van der Waals surface area contributed by atoms with Gasteiger partial charge in [-0.2, -0.15) is 0 Å². The summed E-state index contributed by atoms with van der Waals surface area (Å²) >= 11 is 0. The average Bonchev–Trinajstić information content (AvgIpc) is 2.94. The zero-order chi connectivity index (χ0) is 18.9. The number of halogens is 1. The number of carbonyl (C=O) groups excluding carboxylic acids is 2. The van der Waals surface area contributed by atoms with Crippen LogP contribution < -0.4 is 15.1 Å². The van der Waals surface area contributed by atoms with E-state index in [4.69, 9.17) is 4.74 Å². The van der Waals surface area contributed by atoms with Gasteiger partial charge in [-0.1, -0.05) is 0 Å². The second kappa shape index (κ2) is 7.25. The van der Waals surface area contributed by atoms with Crippen molar-refractivity contribution in [2.24, 2.45) is 0 Å². The van der Waals surface area contributed by atoms with Crippen LogP contribution in [0.1, 0.15) is 6.92 Å². The molecule has 0 aromatic heterocycles. The molecule has 2 fully saturated rings. The molecule has 1 aromatic carbocycles. The van der Waals surface area contributed by atoms with E-state index >= 15 is 0 Å². The first-order chi connectivity index (χ1) is 12.2. The third-order valence-corrected chi connectivity index (χ3v) is 6.27. The van der Waals surface area contributed by atoms with Crippen molar-refractivity contribution in [1.29, 1.82) is 0 Å². The summed E-state index contributed by atoms with van der Waals surface area (Å²) in [5, 5.41) is 2.58. The maximum absolute atomic E-state index is 14.5. The van der Waals surface area contributed by atoms with Gasteiger partial charge in [0.05, 0.1) is 24.5 Å². The van der Waals surface area contributed by atoms with E-state index in [1.807, 2.05) is 0 Å². The number of hydrogen-bond donors (Lipinski definition) is 2. The molecule has 10 heteroatoms. The Morgan fingerprint density at radius 3 is 2.73 bits per heavy atom. The monoisotopic (exact) mass is 385 g/mol. The highest BCUT2D eigenvalue weighted by Crippen LogP contribution is 2.43. The summed E-state index contributed by atoms with van der Waals surface area (Å²) in [6.45, 7) is 2.42. The average molecular weight is 385 g/mol. The van der Waals surface area contributed by atoms with Crippen LogP contribution in [0.4, 0.5) is 20.6 Å². The number of hydrogen-bond acceptors (Lipinski definition) is 5. The lowest BCUT2D eigenvalue weighted by Gasteiger charge is -2.31. The normalized spacial score (nSPS) is 22.3. The second-order valence-corrected chi connectivity index (χ2v) is 9.06. The Bertz CT molecular complexity index is 762. The van der Waals surface area contributed by atoms with Crippen molar-refractivity contribution in [2.45, 2.75) is 13.0 Å². The van der Waals surface area contributed by atoms with E-state index in [0.717, 1.165) is 0 Å². The van der Waals surface area contributed by atoms with Gasteiger partial charge in [0.15, 0.2) is 0 Å². The number of cyclic esters (lactones) is 1. The molecule has 1 atom stereocenters. The van der Waals surface area contributed by atoms with Crippen molar-refractivity contribution < 1.29 is 28.2 Å². The molecule has 2 amide bonds. The summed E-state index contributed by atoms with van der Waals surface area (Å²) in [4.78, 5) is 35.6. The number of ether oxygens (including phenoxy) is 1. The SMILES string of the molecule is CC(=O)NC[C@H]1CN(c2ccc(N3CCP(=O)(O)CC3)c(F)c2)C(=O)O1. The molecule has 8 nitrogen and oxygen atoms in total. The first-order valence-corrected chi connectivity index (χ1v) is 10.4. The number of rotatable bonds is 4. The van der Waals surface area contributed by atoms with Crippen LogP contribution in [-0.2, 0) is 14.1 Å². The summed E-state index contributed by atoms with van der Waals surface area (Å²) < 4.78 is 31.4. The predicted molar refractivity (Wildman–Crippen MR) is 94.5 cm³/mol. The van der Waals surface area contributed by atoms with Gasteiger partial charge in [0, 0.05) is 32.3 Å². The Balaban J connectivity index is 1.69. The van der Waals surface area contributed by atoms with Gasteiger partial charge in [0.25, 0.3) is 0 Å². The molecular formula is C16H21FN3O5P. The van der Waals surface area contributed by atoms with Gasteiger partial charge in [-0.25, -0.2) is 9.18 Å². The van der Waals surface area contributed by atoms with E-state index in [1.165, 1.54) is 17.9 Å². The van der Waals surface area contributed by atoms with Crippen LogP contribution >= 0.6 is 7.37 Å². The van der Waals surface area contributed by atoms with Gasteiger partial charge >= 0.3 is 6.09 Å². The minimum Gasteiger partial charge on any atom is -0.442 e. The highest BCUT2D eigenvalue weighted by molar-refractivity contribution is 7.58. The maximum Gasteiger partial charge on any atom is 0.414 e. The molecule has 142 valence electrons. The van der Waals surface area contributed by atoms with Crippen LogP contribution in [-0.4, -0.2) is 61.5 Å². The molecule has 2 heterocycles. The fourth-order valence-corrected chi connectivity index (χ4v) is 4.37. The molecule has 0 spiro atoms.